The first-order chi connectivity index (χ1) is 19.4. The summed E-state index contributed by atoms with van der Waals surface area (Å²) in [6.45, 7) is 0.533. The van der Waals surface area contributed by atoms with Crippen molar-refractivity contribution in [2.45, 2.75) is 31.0 Å². The van der Waals surface area contributed by atoms with E-state index in [9.17, 15) is 4.79 Å². The molecule has 1 aliphatic rings. The Morgan fingerprint density at radius 3 is 2.60 bits per heavy atom. The molecule has 40 heavy (non-hydrogen) atoms. The van der Waals surface area contributed by atoms with Crippen LogP contribution in [0, 0.1) is 0 Å². The fourth-order valence-electron chi connectivity index (χ4n) is 4.48. The molecule has 0 aliphatic carbocycles. The van der Waals surface area contributed by atoms with Gasteiger partial charge in [0.1, 0.15) is 5.75 Å². The minimum absolute atomic E-state index is 0.0418. The Balaban J connectivity index is 1.83. The second-order valence-electron chi connectivity index (χ2n) is 8.99. The standard InChI is InChI=1S/C28H28Cl2N6O4/c1-32-35-27(38)28(16-19-5-2-3-6-20(19)17-33-36-31)25(23-12-9-21(29)15-24(23)30)40-26(34-28)18-7-10-22(11-8-18)39-14-4-13-37/h2-3,5-12,15,25,32,37H,4,13-14,16-17H2,1H3,(H,35,38)/t25-,28-/m0/s1. The lowest BCUT2D eigenvalue weighted by atomic mass is 9.81. The fraction of sp³-hybridized carbons (Fsp3) is 0.286. The van der Waals surface area contributed by atoms with Gasteiger partial charge in [0.2, 0.25) is 5.90 Å². The maximum atomic E-state index is 13.9. The van der Waals surface area contributed by atoms with Crippen LogP contribution >= 0.6 is 23.2 Å². The minimum Gasteiger partial charge on any atom is -0.494 e. The van der Waals surface area contributed by atoms with Crippen molar-refractivity contribution in [3.05, 3.63) is 109 Å². The van der Waals surface area contributed by atoms with Gasteiger partial charge in [-0.2, -0.15) is 0 Å². The summed E-state index contributed by atoms with van der Waals surface area (Å²) < 4.78 is 12.1. The number of aliphatic imine (C=N–C) groups is 1. The molecule has 4 rings (SSSR count). The number of carbonyl (C=O) groups is 1. The number of benzene rings is 3. The highest BCUT2D eigenvalue weighted by Gasteiger charge is 2.54. The third kappa shape index (κ3) is 6.50. The molecule has 0 spiro atoms. The Morgan fingerprint density at radius 1 is 1.18 bits per heavy atom. The predicted octanol–water partition coefficient (Wildman–Crippen LogP) is 5.32. The van der Waals surface area contributed by atoms with Gasteiger partial charge in [-0.25, -0.2) is 10.4 Å². The summed E-state index contributed by atoms with van der Waals surface area (Å²) >= 11 is 12.8. The lowest BCUT2D eigenvalue weighted by Crippen LogP contribution is -2.53. The van der Waals surface area contributed by atoms with Crippen molar-refractivity contribution in [2.75, 3.05) is 20.3 Å². The molecule has 0 unspecified atom stereocenters. The van der Waals surface area contributed by atoms with E-state index in [0.29, 0.717) is 39.9 Å². The van der Waals surface area contributed by atoms with E-state index >= 15 is 0 Å². The fourth-order valence-corrected chi connectivity index (χ4v) is 4.99. The molecule has 0 saturated carbocycles. The number of hydrogen-bond donors (Lipinski definition) is 3. The van der Waals surface area contributed by atoms with Crippen LogP contribution in [0.4, 0.5) is 0 Å². The third-order valence-electron chi connectivity index (χ3n) is 6.40. The lowest BCUT2D eigenvalue weighted by Gasteiger charge is -2.31. The summed E-state index contributed by atoms with van der Waals surface area (Å²) in [5.74, 6) is 0.430. The number of hydrogen-bond acceptors (Lipinski definition) is 7. The quantitative estimate of drug-likeness (QED) is 0.0871. The maximum Gasteiger partial charge on any atom is 0.266 e. The number of halogens is 2. The van der Waals surface area contributed by atoms with Gasteiger partial charge in [-0.3, -0.25) is 10.2 Å². The van der Waals surface area contributed by atoms with Crippen molar-refractivity contribution >= 4 is 35.0 Å². The van der Waals surface area contributed by atoms with Crippen LogP contribution in [0.2, 0.25) is 10.0 Å². The summed E-state index contributed by atoms with van der Waals surface area (Å²) in [6.07, 6.45) is -0.285. The van der Waals surface area contributed by atoms with Crippen LogP contribution in [-0.4, -0.2) is 42.7 Å². The van der Waals surface area contributed by atoms with Gasteiger partial charge in [0.25, 0.3) is 5.91 Å². The maximum absolute atomic E-state index is 13.9. The zero-order valence-corrected chi connectivity index (χ0v) is 23.2. The van der Waals surface area contributed by atoms with Gasteiger partial charge in [0.05, 0.1) is 13.2 Å². The van der Waals surface area contributed by atoms with Gasteiger partial charge in [-0.05, 0) is 53.1 Å². The number of ether oxygens (including phenoxy) is 2. The van der Waals surface area contributed by atoms with Crippen molar-refractivity contribution < 1.29 is 19.4 Å². The monoisotopic (exact) mass is 582 g/mol. The second-order valence-corrected chi connectivity index (χ2v) is 9.84. The Labute approximate surface area is 241 Å². The number of rotatable bonds is 12. The van der Waals surface area contributed by atoms with Gasteiger partial charge in [0, 0.05) is 52.6 Å². The molecule has 3 N–H and O–H groups in total. The van der Waals surface area contributed by atoms with Crippen LogP contribution in [0.3, 0.4) is 0 Å². The van der Waals surface area contributed by atoms with E-state index in [-0.39, 0.29) is 25.5 Å². The van der Waals surface area contributed by atoms with E-state index in [4.69, 9.17) is 48.3 Å². The average Bonchev–Trinajstić information content (AvgIpc) is 3.33. The Hall–Kier alpha value is -3.79. The number of nitrogens with zero attached hydrogens (tertiary/aromatic N) is 4. The smallest absolute Gasteiger partial charge is 0.266 e. The van der Waals surface area contributed by atoms with Crippen LogP contribution < -0.4 is 15.6 Å². The largest absolute Gasteiger partial charge is 0.494 e. The summed E-state index contributed by atoms with van der Waals surface area (Å²) in [7, 11) is 1.58. The molecule has 0 bridgehead atoms. The van der Waals surface area contributed by atoms with E-state index in [0.717, 1.165) is 11.1 Å². The third-order valence-corrected chi connectivity index (χ3v) is 6.96. The summed E-state index contributed by atoms with van der Waals surface area (Å²) in [5.41, 5.74) is 15.5. The molecule has 1 amide bonds. The van der Waals surface area contributed by atoms with Gasteiger partial charge in [0.15, 0.2) is 11.6 Å². The van der Waals surface area contributed by atoms with Crippen molar-refractivity contribution in [1.29, 1.82) is 0 Å². The number of carbonyl (C=O) groups excluding carboxylic acids is 1. The summed E-state index contributed by atoms with van der Waals surface area (Å²) in [6, 6.07) is 19.5. The van der Waals surface area contributed by atoms with Crippen molar-refractivity contribution in [3.8, 4) is 5.75 Å². The summed E-state index contributed by atoms with van der Waals surface area (Å²) in [4.78, 5) is 21.7. The number of nitrogens with one attached hydrogen (secondary N) is 2. The van der Waals surface area contributed by atoms with Crippen molar-refractivity contribution in [1.82, 2.24) is 10.9 Å². The Kier molecular flexibility index (Phi) is 9.87. The topological polar surface area (TPSA) is 141 Å². The molecule has 0 radical (unpaired) electrons. The second kappa shape index (κ2) is 13.5. The van der Waals surface area contributed by atoms with Crippen LogP contribution in [-0.2, 0) is 22.5 Å². The van der Waals surface area contributed by atoms with Gasteiger partial charge in [-0.1, -0.05) is 58.6 Å². The molecule has 10 nitrogen and oxygen atoms in total. The molecule has 0 saturated heterocycles. The van der Waals surface area contributed by atoms with E-state index in [2.05, 4.69) is 20.9 Å². The minimum atomic E-state index is -1.50. The van der Waals surface area contributed by atoms with Crippen LogP contribution in [0.25, 0.3) is 10.4 Å². The summed E-state index contributed by atoms with van der Waals surface area (Å²) in [5, 5.41) is 13.5. The first-order valence-electron chi connectivity index (χ1n) is 12.5. The number of amides is 1. The first kappa shape index (κ1) is 29.2. The molecule has 0 aromatic heterocycles. The zero-order chi connectivity index (χ0) is 28.5. The Morgan fingerprint density at radius 2 is 1.93 bits per heavy atom. The van der Waals surface area contributed by atoms with E-state index in [1.54, 1.807) is 49.5 Å². The lowest BCUT2D eigenvalue weighted by molar-refractivity contribution is -0.129. The molecule has 0 fully saturated rings. The molecule has 2 atom stereocenters. The van der Waals surface area contributed by atoms with Crippen LogP contribution in [0.5, 0.6) is 5.75 Å². The van der Waals surface area contributed by atoms with Gasteiger partial charge >= 0.3 is 0 Å². The van der Waals surface area contributed by atoms with Crippen LogP contribution in [0.1, 0.15) is 34.8 Å². The van der Waals surface area contributed by atoms with E-state index < -0.39 is 17.6 Å². The van der Waals surface area contributed by atoms with Crippen LogP contribution in [0.15, 0.2) is 76.8 Å². The first-order valence-corrected chi connectivity index (χ1v) is 13.3. The van der Waals surface area contributed by atoms with Crippen molar-refractivity contribution in [3.63, 3.8) is 0 Å². The van der Waals surface area contributed by atoms with Crippen molar-refractivity contribution in [2.24, 2.45) is 10.1 Å². The molecular weight excluding hydrogens is 555 g/mol. The van der Waals surface area contributed by atoms with E-state index in [1.807, 2.05) is 24.3 Å². The zero-order valence-electron chi connectivity index (χ0n) is 21.7. The van der Waals surface area contributed by atoms with E-state index in [1.165, 1.54) is 0 Å². The number of aliphatic hydroxyl groups is 1. The molecule has 12 heteroatoms. The average molecular weight is 583 g/mol. The molecule has 3 aromatic carbocycles. The molecule has 1 heterocycles. The number of aliphatic hydroxyl groups excluding tert-OH is 1. The predicted molar refractivity (Wildman–Crippen MR) is 153 cm³/mol. The van der Waals surface area contributed by atoms with Gasteiger partial charge < -0.3 is 14.6 Å². The Bertz CT molecular complexity index is 1430. The normalized spacial score (nSPS) is 17.9. The highest BCUT2D eigenvalue weighted by Crippen LogP contribution is 2.45. The highest BCUT2D eigenvalue weighted by atomic mass is 35.5. The highest BCUT2D eigenvalue weighted by molar-refractivity contribution is 6.35. The molecular formula is C28H28Cl2N6O4. The number of hydrazine groups is 1. The SMILES string of the molecule is CNNC(=O)[C@@]1(Cc2ccccc2CN=[N+]=[N-])N=C(c2ccc(OCCCO)cc2)O[C@H]1c1ccc(Cl)cc1Cl. The number of azide groups is 1. The molecule has 208 valence electrons. The molecule has 1 aliphatic heterocycles. The van der Waals surface area contributed by atoms with Gasteiger partial charge in [-0.15, -0.1) is 0 Å². The molecule has 3 aromatic rings.